The number of hydrogen-bond acceptors (Lipinski definition) is 1. The zero-order valence-corrected chi connectivity index (χ0v) is 18.2. The van der Waals surface area contributed by atoms with Crippen molar-refractivity contribution in [3.05, 3.63) is 59.4 Å². The van der Waals surface area contributed by atoms with E-state index in [0.717, 1.165) is 18.2 Å². The normalized spacial score (nSPS) is 17.3. The van der Waals surface area contributed by atoms with E-state index in [9.17, 15) is 35.1 Å². The average Bonchev–Trinajstić information content (AvgIpc) is 3.13. The Morgan fingerprint density at radius 2 is 1.53 bits per heavy atom. The predicted octanol–water partition coefficient (Wildman–Crippen LogP) is 8.53. The third kappa shape index (κ3) is 5.54. The molecule has 3 aromatic rings. The number of nitrogens with one attached hydrogen (secondary N) is 1. The van der Waals surface area contributed by atoms with Gasteiger partial charge in [0.05, 0.1) is 16.6 Å². The largest absolute Gasteiger partial charge is 0.418 e. The lowest BCUT2D eigenvalue weighted by atomic mass is 9.86. The van der Waals surface area contributed by atoms with Gasteiger partial charge in [0.2, 0.25) is 5.92 Å². The summed E-state index contributed by atoms with van der Waals surface area (Å²) < 4.78 is 108. The fourth-order valence-corrected chi connectivity index (χ4v) is 4.05. The minimum Gasteiger partial charge on any atom is -0.338 e. The smallest absolute Gasteiger partial charge is 0.338 e. The molecule has 0 spiro atoms. The first-order valence-corrected chi connectivity index (χ1v) is 10.2. The summed E-state index contributed by atoms with van der Waals surface area (Å²) in [5.41, 5.74) is -3.35. The second-order valence-corrected chi connectivity index (χ2v) is 8.14. The minimum atomic E-state index is -4.85. The van der Waals surface area contributed by atoms with E-state index in [-0.39, 0.29) is 66.5 Å². The summed E-state index contributed by atoms with van der Waals surface area (Å²) in [4.78, 5) is 6.67. The van der Waals surface area contributed by atoms with Gasteiger partial charge in [-0.25, -0.2) is 13.8 Å². The molecule has 0 bridgehead atoms. The summed E-state index contributed by atoms with van der Waals surface area (Å²) in [6.45, 7) is 0. The van der Waals surface area contributed by atoms with Gasteiger partial charge in [-0.3, -0.25) is 0 Å². The van der Waals surface area contributed by atoms with Gasteiger partial charge in [-0.15, -0.1) is 12.4 Å². The highest BCUT2D eigenvalue weighted by molar-refractivity contribution is 5.87. The summed E-state index contributed by atoms with van der Waals surface area (Å²) in [7, 11) is 0. The molecule has 1 aromatic heterocycles. The lowest BCUT2D eigenvalue weighted by molar-refractivity contribution is -0.137. The van der Waals surface area contributed by atoms with E-state index in [1.807, 2.05) is 0 Å². The Kier molecular flexibility index (Phi) is 7.04. The Labute approximate surface area is 195 Å². The molecule has 1 N–H and O–H groups in total. The third-order valence-corrected chi connectivity index (χ3v) is 5.74. The molecule has 11 heteroatoms. The zero-order chi connectivity index (χ0) is 24.0. The molecule has 2 nitrogen and oxygen atoms in total. The molecule has 34 heavy (non-hydrogen) atoms. The molecule has 0 unspecified atom stereocenters. The first kappa shape index (κ1) is 26.0. The number of nitrogens with zero attached hydrogens (tertiary/aromatic N) is 1. The van der Waals surface area contributed by atoms with E-state index in [1.165, 1.54) is 18.2 Å². The summed E-state index contributed by atoms with van der Waals surface area (Å²) >= 11 is 0. The number of allylic oxidation sites excluding steroid dienone is 1. The Bertz CT molecular complexity index is 1180. The van der Waals surface area contributed by atoms with Crippen LogP contribution in [0.5, 0.6) is 0 Å². The van der Waals surface area contributed by atoms with Crippen LogP contribution in [0.3, 0.4) is 0 Å². The molecular weight excluding hydrogens is 492 g/mol. The number of aromatic amines is 1. The van der Waals surface area contributed by atoms with Gasteiger partial charge in [-0.1, -0.05) is 24.3 Å². The summed E-state index contributed by atoms with van der Waals surface area (Å²) in [5, 5.41) is 0. The highest BCUT2D eigenvalue weighted by Crippen LogP contribution is 2.42. The van der Waals surface area contributed by atoms with Crippen LogP contribution in [0.15, 0.2) is 42.5 Å². The number of H-pyrrole nitrogens is 1. The van der Waals surface area contributed by atoms with Crippen molar-refractivity contribution >= 4 is 29.5 Å². The van der Waals surface area contributed by atoms with Crippen molar-refractivity contribution in [3.8, 4) is 11.1 Å². The monoisotopic (exact) mass is 510 g/mol. The maximum atomic E-state index is 13.7. The number of hydrogen-bond donors (Lipinski definition) is 1. The number of alkyl halides is 8. The average molecular weight is 511 g/mol. The van der Waals surface area contributed by atoms with Crippen molar-refractivity contribution in [1.82, 2.24) is 9.97 Å². The van der Waals surface area contributed by atoms with Crippen molar-refractivity contribution in [2.45, 2.75) is 44.0 Å². The van der Waals surface area contributed by atoms with Crippen LogP contribution in [0, 0.1) is 5.92 Å². The molecule has 0 aliphatic heterocycles. The Hall–Kier alpha value is -2.62. The number of rotatable bonds is 3. The van der Waals surface area contributed by atoms with Gasteiger partial charge in [-0.2, -0.15) is 26.3 Å². The lowest BCUT2D eigenvalue weighted by Crippen LogP contribution is -2.23. The van der Waals surface area contributed by atoms with Crippen LogP contribution < -0.4 is 0 Å². The van der Waals surface area contributed by atoms with Gasteiger partial charge < -0.3 is 4.98 Å². The van der Waals surface area contributed by atoms with Gasteiger partial charge in [0.25, 0.3) is 0 Å². The van der Waals surface area contributed by atoms with E-state index in [2.05, 4.69) is 9.97 Å². The Morgan fingerprint density at radius 1 is 0.912 bits per heavy atom. The van der Waals surface area contributed by atoms with Crippen molar-refractivity contribution in [2.75, 3.05) is 0 Å². The van der Waals surface area contributed by atoms with Crippen molar-refractivity contribution in [2.24, 2.45) is 5.92 Å². The van der Waals surface area contributed by atoms with Crippen LogP contribution in [0.25, 0.3) is 28.2 Å². The number of imidazole rings is 1. The summed E-state index contributed by atoms with van der Waals surface area (Å²) in [5.74, 6) is -2.79. The number of aromatic nitrogens is 2. The van der Waals surface area contributed by atoms with Gasteiger partial charge >= 0.3 is 12.4 Å². The van der Waals surface area contributed by atoms with E-state index < -0.39 is 34.9 Å². The fourth-order valence-electron chi connectivity index (χ4n) is 4.05. The van der Waals surface area contributed by atoms with Gasteiger partial charge in [0.1, 0.15) is 11.3 Å². The van der Waals surface area contributed by atoms with Crippen LogP contribution in [-0.4, -0.2) is 15.9 Å². The molecular formula is C23H19ClF8N2. The highest BCUT2D eigenvalue weighted by Gasteiger charge is 2.37. The number of benzene rings is 2. The zero-order valence-electron chi connectivity index (χ0n) is 17.4. The maximum absolute atomic E-state index is 13.7. The topological polar surface area (TPSA) is 28.7 Å². The predicted molar refractivity (Wildman–Crippen MR) is 115 cm³/mol. The third-order valence-electron chi connectivity index (χ3n) is 5.74. The molecule has 1 saturated carbocycles. The molecule has 0 atom stereocenters. The van der Waals surface area contributed by atoms with Crippen LogP contribution in [-0.2, 0) is 12.4 Å². The van der Waals surface area contributed by atoms with Crippen LogP contribution in [0.1, 0.15) is 42.6 Å². The van der Waals surface area contributed by atoms with E-state index in [4.69, 9.17) is 0 Å². The van der Waals surface area contributed by atoms with Crippen molar-refractivity contribution in [1.29, 1.82) is 0 Å². The highest BCUT2D eigenvalue weighted by atomic mass is 35.5. The Morgan fingerprint density at radius 3 is 2.15 bits per heavy atom. The van der Waals surface area contributed by atoms with Crippen LogP contribution >= 0.6 is 12.4 Å². The molecule has 1 aliphatic rings. The molecule has 4 rings (SSSR count). The molecule has 0 amide bonds. The standard InChI is InChI=1S/C23H18F8N2.ClH/c24-21(25)9-7-13(8-10-21)5-6-19-32-18-12-14(11-17(20(18)33-19)23(29,30)31)15-3-1-2-4-16(15)22(26,27)28;/h1-6,11-13H,7-10H2,(H,32,33);1H. The molecule has 1 fully saturated rings. The van der Waals surface area contributed by atoms with E-state index in [1.54, 1.807) is 6.08 Å². The minimum absolute atomic E-state index is 0. The van der Waals surface area contributed by atoms with Gasteiger partial charge in [0.15, 0.2) is 0 Å². The van der Waals surface area contributed by atoms with Crippen LogP contribution in [0.2, 0.25) is 0 Å². The SMILES string of the molecule is Cl.FC1(F)CCC(C=Cc2nc3c(C(F)(F)F)cc(-c4ccccc4C(F)(F)F)cc3[nH]2)CC1. The molecule has 1 aliphatic carbocycles. The lowest BCUT2D eigenvalue weighted by Gasteiger charge is -2.26. The summed E-state index contributed by atoms with van der Waals surface area (Å²) in [6, 6.07) is 6.25. The number of halogens is 9. The molecule has 1 heterocycles. The molecule has 2 aromatic carbocycles. The number of fused-ring (bicyclic) bond motifs is 1. The van der Waals surface area contributed by atoms with E-state index >= 15 is 0 Å². The van der Waals surface area contributed by atoms with Crippen LogP contribution in [0.4, 0.5) is 35.1 Å². The maximum Gasteiger partial charge on any atom is 0.418 e. The second-order valence-electron chi connectivity index (χ2n) is 8.14. The van der Waals surface area contributed by atoms with Gasteiger partial charge in [0, 0.05) is 12.8 Å². The van der Waals surface area contributed by atoms with Crippen molar-refractivity contribution in [3.63, 3.8) is 0 Å². The second kappa shape index (κ2) is 9.20. The Balaban J connectivity index is 0.00000324. The molecule has 0 saturated heterocycles. The quantitative estimate of drug-likeness (QED) is 0.351. The van der Waals surface area contributed by atoms with E-state index in [0.29, 0.717) is 6.07 Å². The van der Waals surface area contributed by atoms with Crippen molar-refractivity contribution < 1.29 is 35.1 Å². The first-order valence-electron chi connectivity index (χ1n) is 10.2. The first-order chi connectivity index (χ1) is 15.3. The molecule has 0 radical (unpaired) electrons. The van der Waals surface area contributed by atoms with Gasteiger partial charge in [-0.05, 0) is 54.2 Å². The summed E-state index contributed by atoms with van der Waals surface area (Å²) in [6.07, 6.45) is -6.58. The molecule has 184 valence electrons. The fraction of sp³-hybridized carbons (Fsp3) is 0.348.